The number of fused-ring (bicyclic) bond motifs is 3. The predicted molar refractivity (Wildman–Crippen MR) is 225 cm³/mol. The number of benzene rings is 5. The van der Waals surface area contributed by atoms with Gasteiger partial charge in [0.1, 0.15) is 11.3 Å². The second-order valence-electron chi connectivity index (χ2n) is 15.5. The van der Waals surface area contributed by atoms with Crippen molar-refractivity contribution < 1.29 is 4.42 Å². The number of hydrogen-bond acceptors (Lipinski definition) is 7. The Kier molecular flexibility index (Phi) is 9.57. The van der Waals surface area contributed by atoms with E-state index in [4.69, 9.17) is 4.42 Å². The van der Waals surface area contributed by atoms with Crippen LogP contribution in [0.2, 0.25) is 0 Å². The van der Waals surface area contributed by atoms with Gasteiger partial charge >= 0.3 is 0 Å². The van der Waals surface area contributed by atoms with Gasteiger partial charge in [-0.25, -0.2) is 0 Å². The van der Waals surface area contributed by atoms with Crippen LogP contribution >= 0.6 is 0 Å². The summed E-state index contributed by atoms with van der Waals surface area (Å²) in [6.45, 7) is 2.33. The summed E-state index contributed by atoms with van der Waals surface area (Å²) < 4.78 is 6.37. The van der Waals surface area contributed by atoms with Gasteiger partial charge in [-0.2, -0.15) is 0 Å². The average Bonchev–Trinajstić information content (AvgIpc) is 3.65. The highest BCUT2D eigenvalue weighted by Gasteiger charge is 2.38. The molecule has 5 unspecified atom stereocenters. The third kappa shape index (κ3) is 6.88. The van der Waals surface area contributed by atoms with Crippen molar-refractivity contribution in [2.24, 2.45) is 5.92 Å². The van der Waals surface area contributed by atoms with Crippen LogP contribution in [0.4, 0.5) is 0 Å². The highest BCUT2D eigenvalue weighted by atomic mass is 16.3. The zero-order valence-electron chi connectivity index (χ0n) is 31.6. The summed E-state index contributed by atoms with van der Waals surface area (Å²) >= 11 is 0. The maximum atomic E-state index is 6.37. The smallest absolute Gasteiger partial charge is 0.134 e. The molecule has 2 fully saturated rings. The summed E-state index contributed by atoms with van der Waals surface area (Å²) in [6, 6.07) is 51.4. The van der Waals surface area contributed by atoms with Gasteiger partial charge in [-0.15, -0.1) is 0 Å². The molecule has 2 saturated heterocycles. The summed E-state index contributed by atoms with van der Waals surface area (Å²) in [4.78, 5) is 0. The number of allylic oxidation sites excluding steroid dienone is 2. The fourth-order valence-electron chi connectivity index (χ4n) is 9.15. The molecule has 6 aromatic rings. The maximum absolute atomic E-state index is 6.37. The summed E-state index contributed by atoms with van der Waals surface area (Å²) in [5.74, 6) is 1.30. The molecule has 6 N–H and O–H groups in total. The minimum atomic E-state index is -0.115. The summed E-state index contributed by atoms with van der Waals surface area (Å²) in [5, 5.41) is 25.0. The van der Waals surface area contributed by atoms with Gasteiger partial charge in [-0.1, -0.05) is 157 Å². The Labute approximate surface area is 329 Å². The minimum absolute atomic E-state index is 0.0467. The Morgan fingerprint density at radius 3 is 1.45 bits per heavy atom. The van der Waals surface area contributed by atoms with E-state index >= 15 is 0 Å². The van der Waals surface area contributed by atoms with E-state index < -0.39 is 0 Å². The molecule has 7 heteroatoms. The van der Waals surface area contributed by atoms with Crippen molar-refractivity contribution in [3.63, 3.8) is 0 Å². The number of nitrogens with one attached hydrogen (secondary N) is 6. The minimum Gasteiger partial charge on any atom is -0.460 e. The highest BCUT2D eigenvalue weighted by Crippen LogP contribution is 2.43. The zero-order valence-corrected chi connectivity index (χ0v) is 31.6. The first-order valence-electron chi connectivity index (χ1n) is 20.0. The fraction of sp³-hybridized carbons (Fsp3) is 0.224. The molecule has 4 aliphatic rings. The van der Waals surface area contributed by atoms with Gasteiger partial charge in [0.15, 0.2) is 0 Å². The summed E-state index contributed by atoms with van der Waals surface area (Å²) in [6.07, 6.45) is 7.37. The predicted octanol–water partition coefficient (Wildman–Crippen LogP) is 9.04. The molecule has 10 rings (SSSR count). The van der Waals surface area contributed by atoms with Crippen LogP contribution < -0.4 is 31.9 Å². The van der Waals surface area contributed by atoms with Gasteiger partial charge < -0.3 is 4.42 Å². The lowest BCUT2D eigenvalue weighted by molar-refractivity contribution is 0.213. The van der Waals surface area contributed by atoms with Gasteiger partial charge in [0.25, 0.3) is 0 Å². The molecule has 0 amide bonds. The maximum Gasteiger partial charge on any atom is 0.134 e. The number of para-hydroxylation sites is 1. The third-order valence-electron chi connectivity index (χ3n) is 12.1. The monoisotopic (exact) mass is 736 g/mol. The molecule has 0 radical (unpaired) electrons. The fourth-order valence-corrected chi connectivity index (χ4v) is 9.15. The van der Waals surface area contributed by atoms with Crippen LogP contribution in [-0.2, 0) is 6.42 Å². The molecular weight excluding hydrogens is 689 g/mol. The van der Waals surface area contributed by atoms with Crippen LogP contribution in [0.15, 0.2) is 178 Å². The van der Waals surface area contributed by atoms with Crippen molar-refractivity contribution in [1.82, 2.24) is 31.9 Å². The molecular formula is C49H48N6O. The SMILES string of the molecule is CC1=C(C2NC(c3ccccc3)NC(c3ccccc3)N2)CC(C2=Cc3c(oc4ccccc34)CC2)C=C1C1NC(c2ccccc2)NC(c2ccccc2)N1. The van der Waals surface area contributed by atoms with Crippen LogP contribution in [-0.4, -0.2) is 12.3 Å². The summed E-state index contributed by atoms with van der Waals surface area (Å²) in [5.41, 5.74) is 12.5. The molecule has 5 atom stereocenters. The Balaban J connectivity index is 1.08. The molecule has 0 saturated carbocycles. The molecule has 5 aromatic carbocycles. The molecule has 1 aromatic heterocycles. The van der Waals surface area contributed by atoms with E-state index in [1.807, 2.05) is 0 Å². The standard InChI is InChI=1S/C49H48N6O/c1-31-39(48-52-44(32-16-6-2-7-17-32)50-45(53-48)33-18-8-3-9-19-33)29-37(36-26-27-43-41(28-36)38-24-14-15-25-42(38)56-43)30-40(31)49-54-46(34-20-10-4-11-21-34)51-47(55-49)35-22-12-5-13-23-35/h2-25,28-29,37,44-55H,26-27,30H2,1H3. The van der Waals surface area contributed by atoms with Gasteiger partial charge in [0, 0.05) is 23.3 Å². The normalized spacial score (nSPS) is 26.7. The molecule has 0 bridgehead atoms. The highest BCUT2D eigenvalue weighted by molar-refractivity contribution is 5.89. The van der Waals surface area contributed by atoms with Crippen LogP contribution in [0, 0.1) is 5.92 Å². The number of furan rings is 1. The largest absolute Gasteiger partial charge is 0.460 e. The quantitative estimate of drug-likeness (QED) is 0.0976. The van der Waals surface area contributed by atoms with Crippen molar-refractivity contribution in [3.8, 4) is 0 Å². The van der Waals surface area contributed by atoms with Gasteiger partial charge in [0.2, 0.25) is 0 Å². The Bertz CT molecular complexity index is 2310. The van der Waals surface area contributed by atoms with Crippen molar-refractivity contribution in [2.75, 3.05) is 0 Å². The lowest BCUT2D eigenvalue weighted by Gasteiger charge is -2.45. The first-order chi connectivity index (χ1) is 27.6. The molecule has 280 valence electrons. The van der Waals surface area contributed by atoms with Crippen LogP contribution in [0.3, 0.4) is 0 Å². The average molecular weight is 737 g/mol. The van der Waals surface area contributed by atoms with Crippen LogP contribution in [0.25, 0.3) is 17.0 Å². The van der Waals surface area contributed by atoms with E-state index in [1.54, 1.807) is 0 Å². The van der Waals surface area contributed by atoms with Crippen molar-refractivity contribution >= 4 is 17.0 Å². The first-order valence-corrected chi connectivity index (χ1v) is 20.0. The van der Waals surface area contributed by atoms with Crippen LogP contribution in [0.1, 0.15) is 78.0 Å². The number of hydrogen-bond donors (Lipinski definition) is 6. The second-order valence-corrected chi connectivity index (χ2v) is 15.5. The summed E-state index contributed by atoms with van der Waals surface area (Å²) in [7, 11) is 0. The molecule has 7 nitrogen and oxygen atoms in total. The van der Waals surface area contributed by atoms with E-state index in [2.05, 4.69) is 197 Å². The molecule has 2 aliphatic heterocycles. The van der Waals surface area contributed by atoms with E-state index in [0.29, 0.717) is 0 Å². The Hall–Kier alpha value is -5.38. The van der Waals surface area contributed by atoms with E-state index in [1.165, 1.54) is 55.5 Å². The molecule has 3 heterocycles. The zero-order chi connectivity index (χ0) is 37.4. The van der Waals surface area contributed by atoms with Crippen LogP contribution in [0.5, 0.6) is 0 Å². The Morgan fingerprint density at radius 2 is 0.929 bits per heavy atom. The molecule has 56 heavy (non-hydrogen) atoms. The Morgan fingerprint density at radius 1 is 0.482 bits per heavy atom. The number of rotatable bonds is 7. The van der Waals surface area contributed by atoms with Crippen molar-refractivity contribution in [1.29, 1.82) is 0 Å². The molecule has 0 spiro atoms. The van der Waals surface area contributed by atoms with Gasteiger partial charge in [-0.3, -0.25) is 31.9 Å². The van der Waals surface area contributed by atoms with E-state index in [9.17, 15) is 0 Å². The van der Waals surface area contributed by atoms with Gasteiger partial charge in [-0.05, 0) is 64.8 Å². The first kappa shape index (κ1) is 35.1. The number of aryl methyl sites for hydroxylation is 1. The third-order valence-corrected chi connectivity index (χ3v) is 12.1. The molecule has 2 aliphatic carbocycles. The van der Waals surface area contributed by atoms with Crippen molar-refractivity contribution in [3.05, 3.63) is 208 Å². The lowest BCUT2D eigenvalue weighted by Crippen LogP contribution is -2.61. The van der Waals surface area contributed by atoms with Crippen molar-refractivity contribution in [2.45, 2.75) is 63.2 Å². The lowest BCUT2D eigenvalue weighted by atomic mass is 9.76. The van der Waals surface area contributed by atoms with E-state index in [0.717, 1.165) is 30.6 Å². The van der Waals surface area contributed by atoms with E-state index in [-0.39, 0.29) is 42.9 Å². The topological polar surface area (TPSA) is 85.3 Å². The van der Waals surface area contributed by atoms with Gasteiger partial charge in [0.05, 0.1) is 37.0 Å². The second kappa shape index (κ2) is 15.3.